The summed E-state index contributed by atoms with van der Waals surface area (Å²) < 4.78 is 47.4. The van der Waals surface area contributed by atoms with Crippen LogP contribution in [0.25, 0.3) is 0 Å². The molecule has 0 spiro atoms. The second-order valence-corrected chi connectivity index (χ2v) is 4.13. The molecule has 0 amide bonds. The van der Waals surface area contributed by atoms with Crippen molar-refractivity contribution in [3.63, 3.8) is 0 Å². The Balaban J connectivity index is 2.17. The van der Waals surface area contributed by atoms with E-state index in [0.29, 0.717) is 5.56 Å². The standard InChI is InChI=1S/C13H12F3NO3/c1-2-19-12(18)10-11(20-7-17-10)8-3-5-9(6-4-8)13(14,15)16/h3-7,10-11H,2H2,1H3/t10-,11+/m0/s1. The van der Waals surface area contributed by atoms with Gasteiger partial charge < -0.3 is 9.47 Å². The Morgan fingerprint density at radius 1 is 1.35 bits per heavy atom. The van der Waals surface area contributed by atoms with E-state index in [9.17, 15) is 18.0 Å². The van der Waals surface area contributed by atoms with Crippen molar-refractivity contribution in [1.29, 1.82) is 0 Å². The number of carbonyl (C=O) groups is 1. The summed E-state index contributed by atoms with van der Waals surface area (Å²) in [5.74, 6) is -0.564. The lowest BCUT2D eigenvalue weighted by Crippen LogP contribution is -2.26. The van der Waals surface area contributed by atoms with E-state index in [2.05, 4.69) is 4.99 Å². The average Bonchev–Trinajstić information content (AvgIpc) is 2.87. The molecule has 0 saturated carbocycles. The van der Waals surface area contributed by atoms with Crippen LogP contribution in [0.15, 0.2) is 29.3 Å². The first-order valence-corrected chi connectivity index (χ1v) is 5.94. The van der Waals surface area contributed by atoms with E-state index in [1.54, 1.807) is 6.92 Å². The molecule has 1 heterocycles. The zero-order valence-electron chi connectivity index (χ0n) is 10.6. The van der Waals surface area contributed by atoms with Crippen LogP contribution in [0.4, 0.5) is 13.2 Å². The Morgan fingerprint density at radius 3 is 2.55 bits per heavy atom. The Bertz CT molecular complexity index is 511. The second kappa shape index (κ2) is 5.52. The van der Waals surface area contributed by atoms with Crippen molar-refractivity contribution in [2.24, 2.45) is 4.99 Å². The van der Waals surface area contributed by atoms with Crippen LogP contribution in [-0.2, 0) is 20.4 Å². The predicted octanol–water partition coefficient (Wildman–Crippen LogP) is 2.74. The summed E-state index contributed by atoms with van der Waals surface area (Å²) in [6.45, 7) is 1.86. The number of hydrogen-bond donors (Lipinski definition) is 0. The van der Waals surface area contributed by atoms with Gasteiger partial charge in [-0.05, 0) is 24.6 Å². The fourth-order valence-electron chi connectivity index (χ4n) is 1.85. The minimum atomic E-state index is -4.40. The monoisotopic (exact) mass is 287 g/mol. The number of alkyl halides is 3. The molecular weight excluding hydrogens is 275 g/mol. The molecule has 1 aliphatic heterocycles. The minimum Gasteiger partial charge on any atom is -0.473 e. The van der Waals surface area contributed by atoms with Crippen LogP contribution in [0.1, 0.15) is 24.2 Å². The first-order valence-electron chi connectivity index (χ1n) is 5.94. The van der Waals surface area contributed by atoms with Crippen LogP contribution < -0.4 is 0 Å². The SMILES string of the molecule is CCOC(=O)[C@H]1N=CO[C@@H]1c1ccc(C(F)(F)F)cc1. The number of rotatable bonds is 3. The maximum Gasteiger partial charge on any atom is 0.416 e. The van der Waals surface area contributed by atoms with Gasteiger partial charge in [-0.2, -0.15) is 13.2 Å². The molecule has 4 nitrogen and oxygen atoms in total. The number of halogens is 3. The molecule has 2 atom stereocenters. The lowest BCUT2D eigenvalue weighted by molar-refractivity contribution is -0.146. The van der Waals surface area contributed by atoms with Gasteiger partial charge in [-0.1, -0.05) is 12.1 Å². The van der Waals surface area contributed by atoms with Crippen LogP contribution in [0.3, 0.4) is 0 Å². The van der Waals surface area contributed by atoms with Crippen molar-refractivity contribution in [1.82, 2.24) is 0 Å². The van der Waals surface area contributed by atoms with E-state index in [4.69, 9.17) is 9.47 Å². The Kier molecular flexibility index (Phi) is 3.96. The van der Waals surface area contributed by atoms with E-state index < -0.39 is 29.9 Å². The van der Waals surface area contributed by atoms with E-state index in [1.165, 1.54) is 12.1 Å². The van der Waals surface area contributed by atoms with Crippen LogP contribution in [0.2, 0.25) is 0 Å². The molecule has 0 radical (unpaired) electrons. The third kappa shape index (κ3) is 2.92. The zero-order chi connectivity index (χ0) is 14.8. The highest BCUT2D eigenvalue weighted by molar-refractivity contribution is 5.80. The highest BCUT2D eigenvalue weighted by Crippen LogP contribution is 2.32. The third-order valence-corrected chi connectivity index (χ3v) is 2.81. The fourth-order valence-corrected chi connectivity index (χ4v) is 1.85. The van der Waals surface area contributed by atoms with Crippen molar-refractivity contribution < 1.29 is 27.4 Å². The Hall–Kier alpha value is -2.05. The Labute approximate surface area is 113 Å². The summed E-state index contributed by atoms with van der Waals surface area (Å²) in [6, 6.07) is 3.55. The summed E-state index contributed by atoms with van der Waals surface area (Å²) in [5.41, 5.74) is -0.318. The summed E-state index contributed by atoms with van der Waals surface area (Å²) in [6.07, 6.45) is -4.04. The summed E-state index contributed by atoms with van der Waals surface area (Å²) in [7, 11) is 0. The van der Waals surface area contributed by atoms with Crippen LogP contribution in [0, 0.1) is 0 Å². The molecule has 108 valence electrons. The molecule has 0 aliphatic carbocycles. The molecule has 7 heteroatoms. The largest absolute Gasteiger partial charge is 0.473 e. The number of ether oxygens (including phenoxy) is 2. The molecule has 0 unspecified atom stereocenters. The molecule has 2 rings (SSSR count). The van der Waals surface area contributed by atoms with Gasteiger partial charge in [0.2, 0.25) is 0 Å². The molecule has 1 aromatic rings. The van der Waals surface area contributed by atoms with Gasteiger partial charge in [-0.25, -0.2) is 9.79 Å². The van der Waals surface area contributed by atoms with Crippen molar-refractivity contribution in [2.45, 2.75) is 25.2 Å². The number of esters is 1. The molecule has 0 saturated heterocycles. The third-order valence-electron chi connectivity index (χ3n) is 2.81. The normalized spacial score (nSPS) is 21.6. The van der Waals surface area contributed by atoms with E-state index in [-0.39, 0.29) is 6.61 Å². The average molecular weight is 287 g/mol. The lowest BCUT2D eigenvalue weighted by Gasteiger charge is -2.17. The number of aliphatic imine (C=N–C) groups is 1. The highest BCUT2D eigenvalue weighted by atomic mass is 19.4. The molecule has 0 bridgehead atoms. The lowest BCUT2D eigenvalue weighted by atomic mass is 10.0. The van der Waals surface area contributed by atoms with Crippen molar-refractivity contribution in [3.8, 4) is 0 Å². The zero-order valence-corrected chi connectivity index (χ0v) is 10.6. The van der Waals surface area contributed by atoms with Gasteiger partial charge in [0.25, 0.3) is 0 Å². The molecule has 0 aromatic heterocycles. The van der Waals surface area contributed by atoms with Crippen LogP contribution >= 0.6 is 0 Å². The second-order valence-electron chi connectivity index (χ2n) is 4.13. The summed E-state index contributed by atoms with van der Waals surface area (Å²) in [4.78, 5) is 15.5. The fraction of sp³-hybridized carbons (Fsp3) is 0.385. The summed E-state index contributed by atoms with van der Waals surface area (Å²) in [5, 5.41) is 0. The van der Waals surface area contributed by atoms with Crippen molar-refractivity contribution in [3.05, 3.63) is 35.4 Å². The van der Waals surface area contributed by atoms with Crippen LogP contribution in [0.5, 0.6) is 0 Å². The maximum atomic E-state index is 12.5. The number of carbonyl (C=O) groups excluding carboxylic acids is 1. The molecule has 1 aromatic carbocycles. The smallest absolute Gasteiger partial charge is 0.416 e. The van der Waals surface area contributed by atoms with Gasteiger partial charge in [0, 0.05) is 0 Å². The maximum absolute atomic E-state index is 12.5. The van der Waals surface area contributed by atoms with E-state index >= 15 is 0 Å². The summed E-state index contributed by atoms with van der Waals surface area (Å²) >= 11 is 0. The molecule has 0 N–H and O–H groups in total. The minimum absolute atomic E-state index is 0.199. The van der Waals surface area contributed by atoms with E-state index in [1.807, 2.05) is 0 Å². The van der Waals surface area contributed by atoms with Gasteiger partial charge in [0.1, 0.15) is 0 Å². The van der Waals surface area contributed by atoms with Crippen molar-refractivity contribution >= 4 is 12.4 Å². The van der Waals surface area contributed by atoms with Gasteiger partial charge in [-0.3, -0.25) is 0 Å². The predicted molar refractivity (Wildman–Crippen MR) is 64.2 cm³/mol. The number of hydrogen-bond acceptors (Lipinski definition) is 4. The topological polar surface area (TPSA) is 47.9 Å². The van der Waals surface area contributed by atoms with Gasteiger partial charge in [0.15, 0.2) is 18.5 Å². The number of nitrogens with zero attached hydrogens (tertiary/aromatic N) is 1. The highest BCUT2D eigenvalue weighted by Gasteiger charge is 2.36. The molecule has 20 heavy (non-hydrogen) atoms. The molecule has 0 fully saturated rings. The van der Waals surface area contributed by atoms with Gasteiger partial charge >= 0.3 is 12.1 Å². The Morgan fingerprint density at radius 2 is 2.00 bits per heavy atom. The quantitative estimate of drug-likeness (QED) is 0.803. The van der Waals surface area contributed by atoms with Gasteiger partial charge in [0.05, 0.1) is 12.2 Å². The number of benzene rings is 1. The first-order chi connectivity index (χ1) is 9.43. The van der Waals surface area contributed by atoms with E-state index in [0.717, 1.165) is 18.5 Å². The molecule has 1 aliphatic rings. The van der Waals surface area contributed by atoms with Crippen molar-refractivity contribution in [2.75, 3.05) is 6.61 Å². The van der Waals surface area contributed by atoms with Gasteiger partial charge in [-0.15, -0.1) is 0 Å². The first kappa shape index (κ1) is 14.4. The van der Waals surface area contributed by atoms with Crippen LogP contribution in [-0.4, -0.2) is 25.0 Å². The molecular formula is C13H12F3NO3.